The van der Waals surface area contributed by atoms with Crippen LogP contribution in [-0.2, 0) is 9.47 Å². The molecule has 2 atom stereocenters. The van der Waals surface area contributed by atoms with Gasteiger partial charge in [-0.1, -0.05) is 62.8 Å². The van der Waals surface area contributed by atoms with Gasteiger partial charge in [-0.3, -0.25) is 0 Å². The van der Waals surface area contributed by atoms with Crippen molar-refractivity contribution in [2.45, 2.75) is 65.6 Å². The fraction of sp³-hybridized carbons (Fsp3) is 0.522. The predicted molar refractivity (Wildman–Crippen MR) is 112 cm³/mol. The van der Waals surface area contributed by atoms with Gasteiger partial charge in [-0.15, -0.1) is 0 Å². The molecule has 4 heteroatoms. The Labute approximate surface area is 164 Å². The van der Waals surface area contributed by atoms with Crippen molar-refractivity contribution < 1.29 is 14.3 Å². The van der Waals surface area contributed by atoms with Gasteiger partial charge in [0.1, 0.15) is 12.2 Å². The lowest BCUT2D eigenvalue weighted by Crippen LogP contribution is -2.34. The van der Waals surface area contributed by atoms with E-state index in [-0.39, 0.29) is 12.2 Å². The first-order valence-corrected chi connectivity index (χ1v) is 9.91. The Bertz CT molecular complexity index is 622. The highest BCUT2D eigenvalue weighted by atomic mass is 16.6. The lowest BCUT2D eigenvalue weighted by atomic mass is 9.96. The quantitative estimate of drug-likeness (QED) is 0.493. The summed E-state index contributed by atoms with van der Waals surface area (Å²) in [5.74, 6) is 0. The topological polar surface area (TPSA) is 47.6 Å². The predicted octanol–water partition coefficient (Wildman–Crippen LogP) is 5.88. The highest BCUT2D eigenvalue weighted by Gasteiger charge is 2.27. The van der Waals surface area contributed by atoms with Crippen LogP contribution in [0.4, 0.5) is 4.79 Å². The van der Waals surface area contributed by atoms with Crippen LogP contribution in [0.25, 0.3) is 0 Å². The molecule has 0 saturated carbocycles. The summed E-state index contributed by atoms with van der Waals surface area (Å²) >= 11 is 0. The molecule has 0 aliphatic carbocycles. The van der Waals surface area contributed by atoms with Gasteiger partial charge in [0.2, 0.25) is 0 Å². The SMILES string of the molecule is CC=C(C=CCC)CNC(=O)OC(CCCC)C(OC)c1ccccc1C. The number of methoxy groups -OCH3 is 1. The number of ether oxygens (including phenoxy) is 2. The lowest BCUT2D eigenvalue weighted by Gasteiger charge is -2.27. The van der Waals surface area contributed by atoms with Gasteiger partial charge < -0.3 is 14.8 Å². The minimum atomic E-state index is -0.406. The van der Waals surface area contributed by atoms with Gasteiger partial charge in [-0.05, 0) is 49.8 Å². The molecule has 0 aromatic heterocycles. The van der Waals surface area contributed by atoms with E-state index < -0.39 is 6.09 Å². The number of hydrogen-bond donors (Lipinski definition) is 1. The number of carbonyl (C=O) groups is 1. The van der Waals surface area contributed by atoms with Crippen molar-refractivity contribution in [2.75, 3.05) is 13.7 Å². The summed E-state index contributed by atoms with van der Waals surface area (Å²) in [5.41, 5.74) is 3.26. The number of amides is 1. The highest BCUT2D eigenvalue weighted by molar-refractivity contribution is 5.68. The van der Waals surface area contributed by atoms with Crippen molar-refractivity contribution in [1.82, 2.24) is 5.32 Å². The molecule has 0 aliphatic rings. The molecule has 1 aromatic rings. The zero-order valence-electron chi connectivity index (χ0n) is 17.5. The Morgan fingerprint density at radius 3 is 2.59 bits per heavy atom. The average molecular weight is 374 g/mol. The van der Waals surface area contributed by atoms with Crippen LogP contribution in [0.3, 0.4) is 0 Å². The largest absolute Gasteiger partial charge is 0.443 e. The van der Waals surface area contributed by atoms with Crippen molar-refractivity contribution in [3.05, 3.63) is 59.2 Å². The van der Waals surface area contributed by atoms with Crippen LogP contribution in [0.15, 0.2) is 48.1 Å². The summed E-state index contributed by atoms with van der Waals surface area (Å²) in [6.45, 7) is 8.68. The van der Waals surface area contributed by atoms with Crippen LogP contribution in [0.2, 0.25) is 0 Å². The Morgan fingerprint density at radius 1 is 1.26 bits per heavy atom. The fourth-order valence-corrected chi connectivity index (χ4v) is 2.94. The standard InChI is InChI=1S/C23H35NO3/c1-6-9-14-19(8-3)17-24-23(25)27-21(16-10-7-2)22(26-5)20-15-12-11-13-18(20)4/h8-9,11-15,21-22H,6-7,10,16-17H2,1-5H3,(H,24,25). The number of unbranched alkanes of at least 4 members (excludes halogenated alkanes) is 1. The van der Waals surface area contributed by atoms with Gasteiger partial charge in [0.25, 0.3) is 0 Å². The third kappa shape index (κ3) is 8.00. The normalized spacial score (nSPS) is 14.2. The third-order valence-electron chi connectivity index (χ3n) is 4.56. The molecule has 1 rings (SSSR count). The fourth-order valence-electron chi connectivity index (χ4n) is 2.94. The third-order valence-corrected chi connectivity index (χ3v) is 4.56. The van der Waals surface area contributed by atoms with Gasteiger partial charge >= 0.3 is 6.09 Å². The summed E-state index contributed by atoms with van der Waals surface area (Å²) in [6.07, 6.45) is 8.84. The Balaban J connectivity index is 2.82. The maximum absolute atomic E-state index is 12.4. The van der Waals surface area contributed by atoms with Gasteiger partial charge in [0.15, 0.2) is 0 Å². The van der Waals surface area contributed by atoms with Crippen LogP contribution >= 0.6 is 0 Å². The molecule has 1 N–H and O–H groups in total. The van der Waals surface area contributed by atoms with Crippen molar-refractivity contribution in [2.24, 2.45) is 0 Å². The molecule has 4 nitrogen and oxygen atoms in total. The second-order valence-electron chi connectivity index (χ2n) is 6.63. The van der Waals surface area contributed by atoms with E-state index >= 15 is 0 Å². The molecular weight excluding hydrogens is 338 g/mol. The second-order valence-corrected chi connectivity index (χ2v) is 6.63. The summed E-state index contributed by atoms with van der Waals surface area (Å²) in [6, 6.07) is 8.08. The first kappa shape index (κ1) is 23.0. The number of carbonyl (C=O) groups excluding carboxylic acids is 1. The molecule has 27 heavy (non-hydrogen) atoms. The van der Waals surface area contributed by atoms with E-state index in [1.807, 2.05) is 37.3 Å². The van der Waals surface area contributed by atoms with E-state index in [4.69, 9.17) is 9.47 Å². The monoisotopic (exact) mass is 373 g/mol. The summed E-state index contributed by atoms with van der Waals surface area (Å²) in [7, 11) is 1.67. The number of alkyl carbamates (subject to hydrolysis) is 1. The number of hydrogen-bond acceptors (Lipinski definition) is 3. The van der Waals surface area contributed by atoms with Gasteiger partial charge in [-0.2, -0.15) is 0 Å². The molecule has 150 valence electrons. The summed E-state index contributed by atoms with van der Waals surface area (Å²) in [4.78, 5) is 12.4. The molecule has 0 radical (unpaired) electrons. The number of nitrogens with one attached hydrogen (secondary N) is 1. The van der Waals surface area contributed by atoms with Gasteiger partial charge in [0.05, 0.1) is 0 Å². The molecule has 1 amide bonds. The zero-order chi connectivity index (χ0) is 20.1. The van der Waals surface area contributed by atoms with E-state index in [9.17, 15) is 4.79 Å². The number of allylic oxidation sites excluding steroid dienone is 2. The second kappa shape index (κ2) is 13.2. The minimum Gasteiger partial charge on any atom is -0.443 e. The molecule has 0 bridgehead atoms. The van der Waals surface area contributed by atoms with Crippen molar-refractivity contribution in [1.29, 1.82) is 0 Å². The average Bonchev–Trinajstić information content (AvgIpc) is 2.68. The summed E-state index contributed by atoms with van der Waals surface area (Å²) < 4.78 is 11.5. The van der Waals surface area contributed by atoms with Crippen molar-refractivity contribution in [3.63, 3.8) is 0 Å². The van der Waals surface area contributed by atoms with Crippen LogP contribution in [-0.4, -0.2) is 25.9 Å². The Kier molecular flexibility index (Phi) is 11.2. The first-order valence-electron chi connectivity index (χ1n) is 9.91. The molecular formula is C23H35NO3. The van der Waals surface area contributed by atoms with Crippen molar-refractivity contribution in [3.8, 4) is 0 Å². The van der Waals surface area contributed by atoms with E-state index in [1.165, 1.54) is 0 Å². The molecule has 0 heterocycles. The zero-order valence-corrected chi connectivity index (χ0v) is 17.5. The van der Waals surface area contributed by atoms with Crippen LogP contribution in [0, 0.1) is 6.92 Å². The molecule has 0 saturated heterocycles. The molecule has 0 spiro atoms. The van der Waals surface area contributed by atoms with E-state index in [0.29, 0.717) is 6.54 Å². The lowest BCUT2D eigenvalue weighted by molar-refractivity contribution is -0.0284. The Hall–Kier alpha value is -2.07. The van der Waals surface area contributed by atoms with E-state index in [2.05, 4.69) is 38.2 Å². The van der Waals surface area contributed by atoms with Crippen LogP contribution in [0.1, 0.15) is 63.7 Å². The number of aryl methyl sites for hydroxylation is 1. The highest BCUT2D eigenvalue weighted by Crippen LogP contribution is 2.28. The van der Waals surface area contributed by atoms with Gasteiger partial charge in [-0.25, -0.2) is 4.79 Å². The molecule has 0 fully saturated rings. The summed E-state index contributed by atoms with van der Waals surface area (Å²) in [5, 5.41) is 2.86. The molecule has 0 aliphatic heterocycles. The smallest absolute Gasteiger partial charge is 0.407 e. The van der Waals surface area contributed by atoms with Gasteiger partial charge in [0, 0.05) is 13.7 Å². The van der Waals surface area contributed by atoms with Crippen LogP contribution in [0.5, 0.6) is 0 Å². The minimum absolute atomic E-state index is 0.273. The number of benzene rings is 1. The number of rotatable bonds is 11. The molecule has 2 unspecified atom stereocenters. The van der Waals surface area contributed by atoms with E-state index in [0.717, 1.165) is 42.4 Å². The van der Waals surface area contributed by atoms with Crippen LogP contribution < -0.4 is 5.32 Å². The Morgan fingerprint density at radius 2 is 2.00 bits per heavy atom. The van der Waals surface area contributed by atoms with E-state index in [1.54, 1.807) is 7.11 Å². The maximum Gasteiger partial charge on any atom is 0.407 e. The first-order chi connectivity index (χ1) is 13.1. The molecule has 1 aromatic carbocycles. The maximum atomic E-state index is 12.4. The van der Waals surface area contributed by atoms with Crippen molar-refractivity contribution >= 4 is 6.09 Å².